The Balaban J connectivity index is 2.39. The highest BCUT2D eigenvalue weighted by molar-refractivity contribution is 7.92. The largest absolute Gasteiger partial charge is 0.384 e. The lowest BCUT2D eigenvalue weighted by atomic mass is 10.3. The average molecular weight is 295 g/mol. The minimum Gasteiger partial charge on any atom is -0.384 e. The zero-order chi connectivity index (χ0) is 14.6. The number of halogens is 1. The molecule has 2 rings (SSSR count). The van der Waals surface area contributed by atoms with Crippen LogP contribution >= 0.6 is 0 Å². The Hall–Kier alpha value is -2.15. The molecule has 20 heavy (non-hydrogen) atoms. The lowest BCUT2D eigenvalue weighted by molar-refractivity contribution is 0.598. The van der Waals surface area contributed by atoms with Crippen LogP contribution in [0.1, 0.15) is 6.92 Å². The number of anilines is 2. The second kappa shape index (κ2) is 5.87. The van der Waals surface area contributed by atoms with Crippen molar-refractivity contribution in [2.45, 2.75) is 11.8 Å². The third kappa shape index (κ3) is 3.05. The first kappa shape index (κ1) is 14.3. The number of nitrogens with one attached hydrogen (secondary N) is 2. The number of hydrogen-bond donors (Lipinski definition) is 2. The van der Waals surface area contributed by atoms with Crippen molar-refractivity contribution in [3.63, 3.8) is 0 Å². The van der Waals surface area contributed by atoms with Gasteiger partial charge in [-0.25, -0.2) is 12.8 Å². The predicted molar refractivity (Wildman–Crippen MR) is 75.6 cm³/mol. The molecule has 0 saturated carbocycles. The molecule has 0 aliphatic heterocycles. The fourth-order valence-corrected chi connectivity index (χ4v) is 2.95. The lowest BCUT2D eigenvalue weighted by Crippen LogP contribution is -2.16. The summed E-state index contributed by atoms with van der Waals surface area (Å²) >= 11 is 0. The van der Waals surface area contributed by atoms with Crippen molar-refractivity contribution in [2.75, 3.05) is 16.6 Å². The molecule has 0 aliphatic rings. The van der Waals surface area contributed by atoms with Crippen LogP contribution in [0.2, 0.25) is 0 Å². The van der Waals surface area contributed by atoms with Crippen molar-refractivity contribution in [1.29, 1.82) is 0 Å². The van der Waals surface area contributed by atoms with E-state index in [-0.39, 0.29) is 10.6 Å². The van der Waals surface area contributed by atoms with E-state index in [1.54, 1.807) is 18.2 Å². The number of nitrogens with zero attached hydrogens (tertiary/aromatic N) is 1. The summed E-state index contributed by atoms with van der Waals surface area (Å²) in [6, 6.07) is 7.71. The Labute approximate surface area is 116 Å². The van der Waals surface area contributed by atoms with Crippen molar-refractivity contribution in [1.82, 2.24) is 4.98 Å². The first-order valence-electron chi connectivity index (χ1n) is 6.00. The van der Waals surface area contributed by atoms with Crippen molar-refractivity contribution in [2.24, 2.45) is 0 Å². The first-order valence-corrected chi connectivity index (χ1v) is 7.48. The van der Waals surface area contributed by atoms with Crippen LogP contribution in [0.3, 0.4) is 0 Å². The second-order valence-electron chi connectivity index (χ2n) is 3.99. The van der Waals surface area contributed by atoms with Crippen LogP contribution in [0.5, 0.6) is 0 Å². The third-order valence-corrected chi connectivity index (χ3v) is 3.98. The van der Waals surface area contributed by atoms with Gasteiger partial charge < -0.3 is 5.32 Å². The molecular weight excluding hydrogens is 281 g/mol. The van der Waals surface area contributed by atoms with Crippen molar-refractivity contribution < 1.29 is 12.8 Å². The third-order valence-electron chi connectivity index (χ3n) is 2.56. The summed E-state index contributed by atoms with van der Waals surface area (Å²) in [6.45, 7) is 2.44. The van der Waals surface area contributed by atoms with E-state index in [1.165, 1.54) is 18.3 Å². The van der Waals surface area contributed by atoms with E-state index < -0.39 is 15.8 Å². The van der Waals surface area contributed by atoms with Gasteiger partial charge in [0.1, 0.15) is 4.90 Å². The van der Waals surface area contributed by atoms with Crippen LogP contribution in [0.15, 0.2) is 47.6 Å². The zero-order valence-corrected chi connectivity index (χ0v) is 11.6. The molecular formula is C13H14FN3O2S. The number of rotatable bonds is 5. The highest BCUT2D eigenvalue weighted by atomic mass is 32.2. The van der Waals surface area contributed by atoms with Gasteiger partial charge in [0.05, 0.1) is 17.6 Å². The Morgan fingerprint density at radius 2 is 1.95 bits per heavy atom. The van der Waals surface area contributed by atoms with Crippen LogP contribution in [-0.2, 0) is 10.0 Å². The minimum atomic E-state index is -3.87. The van der Waals surface area contributed by atoms with E-state index in [0.717, 1.165) is 6.20 Å². The van der Waals surface area contributed by atoms with Gasteiger partial charge >= 0.3 is 0 Å². The van der Waals surface area contributed by atoms with E-state index in [9.17, 15) is 12.8 Å². The SMILES string of the molecule is CCNc1ccccc1S(=O)(=O)Nc1ccncc1F. The predicted octanol–water partition coefficient (Wildman–Crippen LogP) is 2.45. The molecule has 7 heteroatoms. The summed E-state index contributed by atoms with van der Waals surface area (Å²) in [4.78, 5) is 3.64. The molecule has 1 aromatic carbocycles. The summed E-state index contributed by atoms with van der Waals surface area (Å²) in [5, 5.41) is 2.96. The van der Waals surface area contributed by atoms with Crippen LogP contribution in [0.4, 0.5) is 15.8 Å². The first-order chi connectivity index (χ1) is 9.54. The van der Waals surface area contributed by atoms with Crippen molar-refractivity contribution in [3.8, 4) is 0 Å². The lowest BCUT2D eigenvalue weighted by Gasteiger charge is -2.13. The highest BCUT2D eigenvalue weighted by Crippen LogP contribution is 2.24. The molecule has 0 saturated heterocycles. The molecule has 1 aromatic heterocycles. The Bertz CT molecular complexity index is 704. The Morgan fingerprint density at radius 1 is 1.20 bits per heavy atom. The van der Waals surface area contributed by atoms with Gasteiger partial charge in [-0.15, -0.1) is 0 Å². The summed E-state index contributed by atoms with van der Waals surface area (Å²) in [5.74, 6) is -0.725. The van der Waals surface area contributed by atoms with Crippen LogP contribution in [-0.4, -0.2) is 19.9 Å². The summed E-state index contributed by atoms with van der Waals surface area (Å²) in [7, 11) is -3.87. The van der Waals surface area contributed by atoms with Gasteiger partial charge in [-0.3, -0.25) is 9.71 Å². The van der Waals surface area contributed by atoms with Gasteiger partial charge in [0, 0.05) is 12.7 Å². The van der Waals surface area contributed by atoms with E-state index in [1.807, 2.05) is 6.92 Å². The fourth-order valence-electron chi connectivity index (χ4n) is 1.70. The monoisotopic (exact) mass is 295 g/mol. The summed E-state index contributed by atoms with van der Waals surface area (Å²) in [6.07, 6.45) is 2.27. The smallest absolute Gasteiger partial charge is 0.264 e. The van der Waals surface area contributed by atoms with Gasteiger partial charge in [-0.05, 0) is 25.1 Å². The number of pyridine rings is 1. The Morgan fingerprint density at radius 3 is 2.65 bits per heavy atom. The molecule has 0 unspecified atom stereocenters. The van der Waals surface area contributed by atoms with Crippen LogP contribution < -0.4 is 10.0 Å². The molecule has 0 spiro atoms. The number of aromatic nitrogens is 1. The molecule has 2 aromatic rings. The highest BCUT2D eigenvalue weighted by Gasteiger charge is 2.19. The second-order valence-corrected chi connectivity index (χ2v) is 5.64. The maximum atomic E-state index is 13.5. The van der Waals surface area contributed by atoms with E-state index >= 15 is 0 Å². The molecule has 106 valence electrons. The fraction of sp³-hybridized carbons (Fsp3) is 0.154. The molecule has 0 amide bonds. The van der Waals surface area contributed by atoms with Gasteiger partial charge in [0.15, 0.2) is 5.82 Å². The maximum absolute atomic E-state index is 13.5. The normalized spacial score (nSPS) is 11.1. The van der Waals surface area contributed by atoms with Crippen molar-refractivity contribution in [3.05, 3.63) is 48.5 Å². The molecule has 0 radical (unpaired) electrons. The van der Waals surface area contributed by atoms with Gasteiger partial charge in [-0.1, -0.05) is 12.1 Å². The van der Waals surface area contributed by atoms with Gasteiger partial charge in [0.2, 0.25) is 0 Å². The molecule has 0 atom stereocenters. The Kier molecular flexibility index (Phi) is 4.19. The standard InChI is InChI=1S/C13H14FN3O2S/c1-2-16-12-5-3-4-6-13(12)20(18,19)17-11-7-8-15-9-10(11)14/h3-9,16H,2H2,1H3,(H,15,17). The summed E-state index contributed by atoms with van der Waals surface area (Å²) in [5.41, 5.74) is 0.336. The van der Waals surface area contributed by atoms with E-state index in [0.29, 0.717) is 12.2 Å². The molecule has 0 aliphatic carbocycles. The average Bonchev–Trinajstić information content (AvgIpc) is 2.42. The minimum absolute atomic E-state index is 0.0677. The van der Waals surface area contributed by atoms with E-state index in [4.69, 9.17) is 0 Å². The van der Waals surface area contributed by atoms with Crippen molar-refractivity contribution >= 4 is 21.4 Å². The van der Waals surface area contributed by atoms with Gasteiger partial charge in [0.25, 0.3) is 10.0 Å². The molecule has 0 fully saturated rings. The number of hydrogen-bond acceptors (Lipinski definition) is 4. The summed E-state index contributed by atoms with van der Waals surface area (Å²) < 4.78 is 40.3. The van der Waals surface area contributed by atoms with Crippen LogP contribution in [0, 0.1) is 5.82 Å². The number of para-hydroxylation sites is 1. The molecule has 2 N–H and O–H groups in total. The van der Waals surface area contributed by atoms with Crippen LogP contribution in [0.25, 0.3) is 0 Å². The maximum Gasteiger partial charge on any atom is 0.264 e. The molecule has 0 bridgehead atoms. The zero-order valence-electron chi connectivity index (χ0n) is 10.8. The molecule has 1 heterocycles. The van der Waals surface area contributed by atoms with Gasteiger partial charge in [-0.2, -0.15) is 0 Å². The number of sulfonamides is 1. The topological polar surface area (TPSA) is 71.1 Å². The quantitative estimate of drug-likeness (QED) is 0.889. The number of benzene rings is 1. The van der Waals surface area contributed by atoms with E-state index in [2.05, 4.69) is 15.0 Å². The molecule has 5 nitrogen and oxygen atoms in total.